The molecule has 1 heterocycles. The second kappa shape index (κ2) is 6.67. The number of hydrogen-bond acceptors (Lipinski definition) is 5. The van der Waals surface area contributed by atoms with Crippen molar-refractivity contribution in [3.8, 4) is 5.75 Å². The Morgan fingerprint density at radius 3 is 3.00 bits per heavy atom. The highest BCUT2D eigenvalue weighted by atomic mass is 16.5. The van der Waals surface area contributed by atoms with Crippen LogP contribution in [0.4, 0.5) is 5.69 Å². The van der Waals surface area contributed by atoms with E-state index in [4.69, 9.17) is 9.84 Å². The lowest BCUT2D eigenvalue weighted by atomic mass is 10.3. The number of para-hydroxylation sites is 2. The molecule has 1 aromatic carbocycles. The lowest BCUT2D eigenvalue weighted by Gasteiger charge is -2.09. The highest BCUT2D eigenvalue weighted by Crippen LogP contribution is 2.22. The summed E-state index contributed by atoms with van der Waals surface area (Å²) in [7, 11) is 1.55. The molecule has 2 N–H and O–H groups in total. The van der Waals surface area contributed by atoms with Gasteiger partial charge in [0.25, 0.3) is 0 Å². The van der Waals surface area contributed by atoms with Crippen LogP contribution >= 0.6 is 0 Å². The maximum absolute atomic E-state index is 11.9. The number of hydrogen-bond donors (Lipinski definition) is 2. The quantitative estimate of drug-likeness (QED) is 0.800. The van der Waals surface area contributed by atoms with Crippen LogP contribution in [0.1, 0.15) is 5.69 Å². The van der Waals surface area contributed by atoms with Gasteiger partial charge >= 0.3 is 0 Å². The first-order valence-corrected chi connectivity index (χ1v) is 6.15. The maximum atomic E-state index is 11.9. The fraction of sp³-hybridized carbons (Fsp3) is 0.308. The largest absolute Gasteiger partial charge is 0.495 e. The minimum atomic E-state index is -0.227. The van der Waals surface area contributed by atoms with Crippen molar-refractivity contribution < 1.29 is 14.6 Å². The molecular weight excluding hydrogens is 260 g/mol. The molecule has 0 saturated heterocycles. The fourth-order valence-corrected chi connectivity index (χ4v) is 1.73. The minimum absolute atomic E-state index is 0.00606. The van der Waals surface area contributed by atoms with E-state index in [9.17, 15) is 4.79 Å². The number of methoxy groups -OCH3 is 1. The van der Waals surface area contributed by atoms with Crippen LogP contribution in [0.15, 0.2) is 30.5 Å². The van der Waals surface area contributed by atoms with Crippen LogP contribution in [-0.2, 0) is 17.8 Å². The van der Waals surface area contributed by atoms with E-state index in [1.165, 1.54) is 4.68 Å². The molecule has 2 rings (SSSR count). The first-order valence-electron chi connectivity index (χ1n) is 6.15. The smallest absolute Gasteiger partial charge is 0.246 e. The predicted molar refractivity (Wildman–Crippen MR) is 72.4 cm³/mol. The molecule has 0 radical (unpaired) electrons. The number of aliphatic hydroxyl groups is 1. The Hall–Kier alpha value is -2.41. The second-order valence-corrected chi connectivity index (χ2v) is 4.13. The Morgan fingerprint density at radius 1 is 1.45 bits per heavy atom. The summed E-state index contributed by atoms with van der Waals surface area (Å²) < 4.78 is 6.58. The molecule has 7 heteroatoms. The number of benzene rings is 1. The summed E-state index contributed by atoms with van der Waals surface area (Å²) in [4.78, 5) is 11.9. The second-order valence-electron chi connectivity index (χ2n) is 4.13. The molecule has 7 nitrogen and oxygen atoms in total. The summed E-state index contributed by atoms with van der Waals surface area (Å²) in [5, 5.41) is 19.2. The molecule has 106 valence electrons. The molecule has 0 saturated carbocycles. The third-order valence-corrected chi connectivity index (χ3v) is 2.64. The van der Waals surface area contributed by atoms with Crippen LogP contribution < -0.4 is 10.1 Å². The summed E-state index contributed by atoms with van der Waals surface area (Å²) >= 11 is 0. The molecule has 1 amide bonds. The minimum Gasteiger partial charge on any atom is -0.495 e. The van der Waals surface area contributed by atoms with E-state index < -0.39 is 0 Å². The number of nitrogens with one attached hydrogen (secondary N) is 1. The Kier molecular flexibility index (Phi) is 4.67. The molecular formula is C13H16N4O3. The molecule has 1 aromatic heterocycles. The number of carbonyl (C=O) groups is 1. The summed E-state index contributed by atoms with van der Waals surface area (Å²) in [5.41, 5.74) is 1.26. The zero-order chi connectivity index (χ0) is 14.4. The van der Waals surface area contributed by atoms with Gasteiger partial charge in [-0.25, -0.2) is 4.68 Å². The van der Waals surface area contributed by atoms with Gasteiger partial charge in [0.2, 0.25) is 5.91 Å². The van der Waals surface area contributed by atoms with Crippen molar-refractivity contribution in [3.05, 3.63) is 36.2 Å². The molecule has 0 aliphatic rings. The topological polar surface area (TPSA) is 89.3 Å². The van der Waals surface area contributed by atoms with Gasteiger partial charge in [0.15, 0.2) is 0 Å². The molecule has 2 aromatic rings. The number of carbonyl (C=O) groups excluding carboxylic acids is 1. The highest BCUT2D eigenvalue weighted by Gasteiger charge is 2.09. The van der Waals surface area contributed by atoms with Gasteiger partial charge in [0.1, 0.15) is 12.3 Å². The van der Waals surface area contributed by atoms with Crippen molar-refractivity contribution in [2.75, 3.05) is 19.0 Å². The molecule has 0 spiro atoms. The van der Waals surface area contributed by atoms with Crippen molar-refractivity contribution in [2.24, 2.45) is 0 Å². The lowest BCUT2D eigenvalue weighted by molar-refractivity contribution is -0.116. The normalized spacial score (nSPS) is 10.3. The standard InChI is InChI=1S/C13H16N4O3/c1-20-12-5-3-2-4-11(12)14-13(19)9-17-8-10(6-7-18)15-16-17/h2-5,8,18H,6-7,9H2,1H3,(H,14,19). The monoisotopic (exact) mass is 276 g/mol. The lowest BCUT2D eigenvalue weighted by Crippen LogP contribution is -2.19. The van der Waals surface area contributed by atoms with E-state index in [1.807, 2.05) is 12.1 Å². The van der Waals surface area contributed by atoms with E-state index in [2.05, 4.69) is 15.6 Å². The van der Waals surface area contributed by atoms with Gasteiger partial charge < -0.3 is 15.2 Å². The van der Waals surface area contributed by atoms with Crippen LogP contribution in [0.25, 0.3) is 0 Å². The van der Waals surface area contributed by atoms with Gasteiger partial charge in [-0.2, -0.15) is 0 Å². The van der Waals surface area contributed by atoms with E-state index >= 15 is 0 Å². The van der Waals surface area contributed by atoms with Gasteiger partial charge in [-0.1, -0.05) is 17.3 Å². The van der Waals surface area contributed by atoms with Gasteiger partial charge in [-0.05, 0) is 12.1 Å². The van der Waals surface area contributed by atoms with Crippen LogP contribution in [-0.4, -0.2) is 39.7 Å². The average molecular weight is 276 g/mol. The number of ether oxygens (including phenoxy) is 1. The van der Waals surface area contributed by atoms with E-state index in [0.29, 0.717) is 23.6 Å². The van der Waals surface area contributed by atoms with Crippen molar-refractivity contribution in [3.63, 3.8) is 0 Å². The van der Waals surface area contributed by atoms with Crippen LogP contribution in [0.3, 0.4) is 0 Å². The van der Waals surface area contributed by atoms with E-state index in [0.717, 1.165) is 0 Å². The van der Waals surface area contributed by atoms with E-state index in [-0.39, 0.29) is 19.1 Å². The zero-order valence-corrected chi connectivity index (χ0v) is 11.1. The Bertz CT molecular complexity index is 583. The summed E-state index contributed by atoms with van der Waals surface area (Å²) in [6, 6.07) is 7.17. The number of nitrogens with zero attached hydrogens (tertiary/aromatic N) is 3. The molecule has 0 unspecified atom stereocenters. The fourth-order valence-electron chi connectivity index (χ4n) is 1.73. The maximum Gasteiger partial charge on any atom is 0.246 e. The molecule has 0 atom stereocenters. The van der Waals surface area contributed by atoms with E-state index in [1.54, 1.807) is 25.4 Å². The zero-order valence-electron chi connectivity index (χ0n) is 11.1. The summed E-state index contributed by atoms with van der Waals surface area (Å²) in [6.45, 7) is 0.0581. The number of anilines is 1. The third-order valence-electron chi connectivity index (χ3n) is 2.64. The van der Waals surface area contributed by atoms with Crippen LogP contribution in [0.2, 0.25) is 0 Å². The SMILES string of the molecule is COc1ccccc1NC(=O)Cn1cc(CCO)nn1. The van der Waals surface area contributed by atoms with Gasteiger partial charge in [-0.3, -0.25) is 4.79 Å². The number of aliphatic hydroxyl groups excluding tert-OH is 1. The first-order chi connectivity index (χ1) is 9.72. The average Bonchev–Trinajstić information content (AvgIpc) is 2.87. The first kappa shape index (κ1) is 14.0. The highest BCUT2D eigenvalue weighted by molar-refractivity contribution is 5.92. The predicted octanol–water partition coefficient (Wildman–Crippen LogP) is 0.460. The van der Waals surface area contributed by atoms with Crippen molar-refractivity contribution in [1.82, 2.24) is 15.0 Å². The van der Waals surface area contributed by atoms with Crippen LogP contribution in [0.5, 0.6) is 5.75 Å². The Morgan fingerprint density at radius 2 is 2.25 bits per heavy atom. The molecule has 0 aliphatic carbocycles. The summed E-state index contributed by atoms with van der Waals surface area (Å²) in [6.07, 6.45) is 2.06. The number of amides is 1. The molecule has 0 aliphatic heterocycles. The Balaban J connectivity index is 1.97. The molecule has 0 bridgehead atoms. The number of rotatable bonds is 6. The molecule has 20 heavy (non-hydrogen) atoms. The van der Waals surface area contributed by atoms with Gasteiger partial charge in [0.05, 0.1) is 18.5 Å². The Labute approximate surface area is 116 Å². The molecule has 0 fully saturated rings. The van der Waals surface area contributed by atoms with Crippen molar-refractivity contribution in [2.45, 2.75) is 13.0 Å². The third kappa shape index (κ3) is 3.55. The van der Waals surface area contributed by atoms with Crippen LogP contribution in [0, 0.1) is 0 Å². The van der Waals surface area contributed by atoms with Crippen molar-refractivity contribution >= 4 is 11.6 Å². The van der Waals surface area contributed by atoms with Gasteiger partial charge in [-0.15, -0.1) is 5.10 Å². The van der Waals surface area contributed by atoms with Crippen molar-refractivity contribution in [1.29, 1.82) is 0 Å². The number of aromatic nitrogens is 3. The van der Waals surface area contributed by atoms with Gasteiger partial charge in [0, 0.05) is 19.2 Å². The summed E-state index contributed by atoms with van der Waals surface area (Å²) in [5.74, 6) is 0.371.